The van der Waals surface area contributed by atoms with Crippen LogP contribution in [0.2, 0.25) is 15.6 Å². The molecule has 1 aromatic heterocycles. The van der Waals surface area contributed by atoms with Gasteiger partial charge in [0, 0.05) is 0 Å². The summed E-state index contributed by atoms with van der Waals surface area (Å²) >= 11 is 16.6. The highest BCUT2D eigenvalue weighted by molar-refractivity contribution is 6.39. The molecular weight excluding hydrogens is 224 g/mol. The van der Waals surface area contributed by atoms with E-state index in [1.54, 1.807) is 0 Å². The maximum absolute atomic E-state index is 10.8. The fourth-order valence-electron chi connectivity index (χ4n) is 0.638. The average Bonchev–Trinajstić information content (AvgIpc) is 1.82. The van der Waals surface area contributed by atoms with E-state index in [-0.39, 0.29) is 21.3 Å². The van der Waals surface area contributed by atoms with Crippen molar-refractivity contribution in [1.82, 2.24) is 9.97 Å². The molecule has 0 N–H and O–H groups in total. The van der Waals surface area contributed by atoms with E-state index in [2.05, 4.69) is 9.97 Å². The Morgan fingerprint density at radius 3 is 1.92 bits per heavy atom. The first-order valence-corrected chi connectivity index (χ1v) is 3.95. The van der Waals surface area contributed by atoms with Gasteiger partial charge >= 0.3 is 0 Å². The van der Waals surface area contributed by atoms with Crippen LogP contribution in [-0.2, 0) is 0 Å². The minimum Gasteiger partial charge on any atom is -0.758 e. The molecule has 0 aliphatic heterocycles. The standard InChI is InChI=1S/C5H3Cl3N3O/c1-11(12)2-3(6)9-5(8)10-4(2)7/h1H3/q-1. The molecule has 66 valence electrons. The lowest BCUT2D eigenvalue weighted by atomic mass is 10.5. The fourth-order valence-corrected chi connectivity index (χ4v) is 1.52. The third-order valence-corrected chi connectivity index (χ3v) is 1.78. The summed E-state index contributed by atoms with van der Waals surface area (Å²) in [4.78, 5) is 7.10. The quantitative estimate of drug-likeness (QED) is 0.420. The largest absolute Gasteiger partial charge is 0.758 e. The molecule has 0 saturated heterocycles. The molecule has 1 rings (SSSR count). The van der Waals surface area contributed by atoms with E-state index in [4.69, 9.17) is 34.8 Å². The van der Waals surface area contributed by atoms with Crippen LogP contribution in [0, 0.1) is 5.21 Å². The summed E-state index contributed by atoms with van der Waals surface area (Å²) in [5.41, 5.74) is 0.0164. The topological polar surface area (TPSA) is 52.1 Å². The normalized spacial score (nSPS) is 10.1. The average molecular weight is 227 g/mol. The van der Waals surface area contributed by atoms with Gasteiger partial charge in [-0.05, 0) is 18.6 Å². The lowest BCUT2D eigenvalue weighted by molar-refractivity contribution is 1.11. The van der Waals surface area contributed by atoms with Crippen LogP contribution in [0.1, 0.15) is 0 Å². The molecule has 0 spiro atoms. The summed E-state index contributed by atoms with van der Waals surface area (Å²) in [5.74, 6) is 0. The molecule has 1 aromatic rings. The molecule has 12 heavy (non-hydrogen) atoms. The second-order valence-electron chi connectivity index (χ2n) is 1.92. The molecule has 1 heterocycles. The molecule has 0 amide bonds. The van der Waals surface area contributed by atoms with Gasteiger partial charge in [0.2, 0.25) is 5.28 Å². The van der Waals surface area contributed by atoms with Crippen molar-refractivity contribution >= 4 is 40.5 Å². The van der Waals surface area contributed by atoms with Crippen LogP contribution in [0.5, 0.6) is 0 Å². The lowest BCUT2D eigenvalue weighted by Gasteiger charge is -2.25. The Morgan fingerprint density at radius 1 is 1.17 bits per heavy atom. The maximum atomic E-state index is 10.8. The molecule has 0 aliphatic carbocycles. The Kier molecular flexibility index (Phi) is 2.95. The first kappa shape index (κ1) is 9.80. The van der Waals surface area contributed by atoms with Crippen LogP contribution in [0.15, 0.2) is 0 Å². The van der Waals surface area contributed by atoms with E-state index in [0.717, 1.165) is 0 Å². The predicted molar refractivity (Wildman–Crippen MR) is 48.8 cm³/mol. The van der Waals surface area contributed by atoms with Gasteiger partial charge in [-0.25, -0.2) is 9.97 Å². The highest BCUT2D eigenvalue weighted by Crippen LogP contribution is 2.30. The first-order chi connectivity index (χ1) is 5.52. The van der Waals surface area contributed by atoms with Crippen molar-refractivity contribution in [3.05, 3.63) is 20.8 Å². The van der Waals surface area contributed by atoms with E-state index in [1.165, 1.54) is 7.05 Å². The van der Waals surface area contributed by atoms with Gasteiger partial charge in [0.25, 0.3) is 0 Å². The second kappa shape index (κ2) is 3.62. The third kappa shape index (κ3) is 1.90. The van der Waals surface area contributed by atoms with Gasteiger partial charge < -0.3 is 10.3 Å². The van der Waals surface area contributed by atoms with Crippen molar-refractivity contribution in [2.24, 2.45) is 0 Å². The van der Waals surface area contributed by atoms with E-state index in [9.17, 15) is 5.21 Å². The Morgan fingerprint density at radius 2 is 1.58 bits per heavy atom. The minimum absolute atomic E-state index is 0.0164. The number of aromatic nitrogens is 2. The molecule has 0 aliphatic rings. The predicted octanol–water partition coefficient (Wildman–Crippen LogP) is 2.37. The number of hydroxylamine groups is 1. The van der Waals surface area contributed by atoms with Crippen LogP contribution in [-0.4, -0.2) is 17.0 Å². The summed E-state index contributed by atoms with van der Waals surface area (Å²) in [6.45, 7) is 0. The highest BCUT2D eigenvalue weighted by atomic mass is 35.5. The van der Waals surface area contributed by atoms with Crippen molar-refractivity contribution in [1.29, 1.82) is 0 Å². The fraction of sp³-hybridized carbons (Fsp3) is 0.200. The second-order valence-corrected chi connectivity index (χ2v) is 2.97. The van der Waals surface area contributed by atoms with Crippen LogP contribution >= 0.6 is 34.8 Å². The van der Waals surface area contributed by atoms with Crippen molar-refractivity contribution in [3.8, 4) is 0 Å². The number of halogens is 3. The third-order valence-electron chi connectivity index (χ3n) is 1.09. The molecule has 0 aromatic carbocycles. The highest BCUT2D eigenvalue weighted by Gasteiger charge is 2.09. The molecule has 0 saturated carbocycles. The molecule has 0 bridgehead atoms. The van der Waals surface area contributed by atoms with Crippen LogP contribution in [0.3, 0.4) is 0 Å². The van der Waals surface area contributed by atoms with Crippen LogP contribution < -0.4 is 5.06 Å². The Bertz CT molecular complexity index is 281. The lowest BCUT2D eigenvalue weighted by Crippen LogP contribution is -2.09. The van der Waals surface area contributed by atoms with Crippen LogP contribution in [0.4, 0.5) is 5.69 Å². The van der Waals surface area contributed by atoms with Gasteiger partial charge in [0.1, 0.15) is 5.69 Å². The van der Waals surface area contributed by atoms with Gasteiger partial charge in [-0.3, -0.25) is 0 Å². The number of hydrogen-bond donors (Lipinski definition) is 0. The number of hydrogen-bond acceptors (Lipinski definition) is 4. The summed E-state index contributed by atoms with van der Waals surface area (Å²) in [6.07, 6.45) is 0. The molecular formula is C5H3Cl3N3O-. The minimum atomic E-state index is -0.0874. The zero-order valence-corrected chi connectivity index (χ0v) is 8.15. The molecule has 0 fully saturated rings. The zero-order valence-electron chi connectivity index (χ0n) is 5.88. The van der Waals surface area contributed by atoms with Crippen molar-refractivity contribution in [2.45, 2.75) is 0 Å². The van der Waals surface area contributed by atoms with Gasteiger partial charge in [0.05, 0.1) is 0 Å². The molecule has 0 atom stereocenters. The molecule has 4 nitrogen and oxygen atoms in total. The number of nitrogens with zero attached hydrogens (tertiary/aromatic N) is 3. The maximum Gasteiger partial charge on any atom is 0.225 e. The summed E-state index contributed by atoms with van der Waals surface area (Å²) < 4.78 is 0. The SMILES string of the molecule is CN([O-])c1c(Cl)nc(Cl)nc1Cl. The Balaban J connectivity index is 3.28. The Hall–Kier alpha value is -0.290. The van der Waals surface area contributed by atoms with E-state index >= 15 is 0 Å². The van der Waals surface area contributed by atoms with Gasteiger partial charge in [0.15, 0.2) is 10.3 Å². The van der Waals surface area contributed by atoms with Crippen LogP contribution in [0.25, 0.3) is 0 Å². The van der Waals surface area contributed by atoms with Gasteiger partial charge in [-0.15, -0.1) is 0 Å². The number of anilines is 1. The van der Waals surface area contributed by atoms with Crippen molar-refractivity contribution < 1.29 is 0 Å². The molecule has 0 unspecified atom stereocenters. The van der Waals surface area contributed by atoms with Crippen molar-refractivity contribution in [3.63, 3.8) is 0 Å². The molecule has 0 radical (unpaired) electrons. The zero-order chi connectivity index (χ0) is 9.30. The van der Waals surface area contributed by atoms with Crippen molar-refractivity contribution in [2.75, 3.05) is 12.1 Å². The van der Waals surface area contributed by atoms with E-state index < -0.39 is 0 Å². The first-order valence-electron chi connectivity index (χ1n) is 2.81. The Labute approximate surface area is 83.7 Å². The van der Waals surface area contributed by atoms with Gasteiger partial charge in [-0.1, -0.05) is 23.2 Å². The van der Waals surface area contributed by atoms with Gasteiger partial charge in [-0.2, -0.15) is 0 Å². The summed E-state index contributed by atoms with van der Waals surface area (Å²) in [5, 5.41) is 11.1. The van der Waals surface area contributed by atoms with E-state index in [1.807, 2.05) is 0 Å². The number of rotatable bonds is 1. The van der Waals surface area contributed by atoms with E-state index in [0.29, 0.717) is 5.06 Å². The summed E-state index contributed by atoms with van der Waals surface area (Å²) in [6, 6.07) is 0. The summed E-state index contributed by atoms with van der Waals surface area (Å²) in [7, 11) is 1.24. The monoisotopic (exact) mass is 226 g/mol. The smallest absolute Gasteiger partial charge is 0.225 e. The molecule has 7 heteroatoms.